The van der Waals surface area contributed by atoms with Crippen LogP contribution in [-0.4, -0.2) is 74.6 Å². The fraction of sp³-hybridized carbons (Fsp3) is 0.800. The second-order valence-electron chi connectivity index (χ2n) is 6.05. The smallest absolute Gasteiger partial charge is 0.150 e. The Morgan fingerprint density at radius 3 is 3.00 bits per heavy atom. The van der Waals surface area contributed by atoms with Crippen LogP contribution in [0, 0.1) is 0 Å². The second kappa shape index (κ2) is 7.24. The van der Waals surface area contributed by atoms with Gasteiger partial charge in [-0.25, -0.2) is 0 Å². The van der Waals surface area contributed by atoms with Crippen molar-refractivity contribution < 1.29 is 4.74 Å². The van der Waals surface area contributed by atoms with Gasteiger partial charge in [-0.1, -0.05) is 0 Å². The molecule has 0 saturated carbocycles. The number of methoxy groups -OCH3 is 1. The lowest BCUT2D eigenvalue weighted by molar-refractivity contribution is 0.127. The Balaban J connectivity index is 1.59. The third kappa shape index (κ3) is 3.75. The van der Waals surface area contributed by atoms with Gasteiger partial charge in [-0.15, -0.1) is 0 Å². The number of anilines is 1. The molecular weight excluding hydrogens is 266 g/mol. The molecule has 118 valence electrons. The van der Waals surface area contributed by atoms with Crippen LogP contribution in [0.25, 0.3) is 0 Å². The zero-order valence-electron chi connectivity index (χ0n) is 13.0. The molecule has 2 fully saturated rings. The van der Waals surface area contributed by atoms with Gasteiger partial charge in [0.1, 0.15) is 0 Å². The summed E-state index contributed by atoms with van der Waals surface area (Å²) < 4.78 is 5.19. The van der Waals surface area contributed by atoms with Crippen molar-refractivity contribution in [1.29, 1.82) is 0 Å². The molecule has 2 aliphatic heterocycles. The molecule has 6 nitrogen and oxygen atoms in total. The van der Waals surface area contributed by atoms with Crippen molar-refractivity contribution in [3.63, 3.8) is 0 Å². The van der Waals surface area contributed by atoms with Crippen molar-refractivity contribution >= 4 is 5.82 Å². The van der Waals surface area contributed by atoms with Gasteiger partial charge in [0.25, 0.3) is 0 Å². The molecule has 0 aliphatic carbocycles. The van der Waals surface area contributed by atoms with Crippen LogP contribution in [0.4, 0.5) is 5.82 Å². The number of aromatic nitrogens is 2. The van der Waals surface area contributed by atoms with Crippen LogP contribution < -0.4 is 10.2 Å². The van der Waals surface area contributed by atoms with E-state index in [2.05, 4.69) is 31.4 Å². The lowest BCUT2D eigenvalue weighted by atomic mass is 9.95. The van der Waals surface area contributed by atoms with Crippen molar-refractivity contribution in [3.05, 3.63) is 11.8 Å². The van der Waals surface area contributed by atoms with Crippen molar-refractivity contribution in [3.8, 4) is 0 Å². The SMILES string of the molecule is COCCN1CCCC(c2cc(N3CCNCC3)n[nH]2)C1. The number of hydrogen-bond donors (Lipinski definition) is 2. The fourth-order valence-corrected chi connectivity index (χ4v) is 3.32. The molecule has 1 aromatic rings. The molecular formula is C15H27N5O. The Labute approximate surface area is 126 Å². The highest BCUT2D eigenvalue weighted by atomic mass is 16.5. The van der Waals surface area contributed by atoms with Gasteiger partial charge >= 0.3 is 0 Å². The van der Waals surface area contributed by atoms with Gasteiger partial charge in [0.05, 0.1) is 6.61 Å². The van der Waals surface area contributed by atoms with Gasteiger partial charge in [-0.2, -0.15) is 5.10 Å². The molecule has 3 heterocycles. The number of hydrogen-bond acceptors (Lipinski definition) is 5. The van der Waals surface area contributed by atoms with Crippen LogP contribution >= 0.6 is 0 Å². The van der Waals surface area contributed by atoms with Crippen LogP contribution in [-0.2, 0) is 4.74 Å². The Bertz CT molecular complexity index is 429. The first-order valence-electron chi connectivity index (χ1n) is 8.09. The molecule has 0 radical (unpaired) electrons. The van der Waals surface area contributed by atoms with Crippen LogP contribution in [0.5, 0.6) is 0 Å². The van der Waals surface area contributed by atoms with E-state index in [1.807, 2.05) is 0 Å². The van der Waals surface area contributed by atoms with E-state index in [0.717, 1.165) is 51.7 Å². The summed E-state index contributed by atoms with van der Waals surface area (Å²) >= 11 is 0. The van der Waals surface area contributed by atoms with Crippen LogP contribution in [0.1, 0.15) is 24.5 Å². The summed E-state index contributed by atoms with van der Waals surface area (Å²) in [5, 5.41) is 11.2. The van der Waals surface area contributed by atoms with Crippen LogP contribution in [0.3, 0.4) is 0 Å². The molecule has 3 rings (SSSR count). The lowest BCUT2D eigenvalue weighted by Gasteiger charge is -2.32. The van der Waals surface area contributed by atoms with Crippen molar-refractivity contribution in [1.82, 2.24) is 20.4 Å². The van der Waals surface area contributed by atoms with Gasteiger partial charge < -0.3 is 19.9 Å². The maximum atomic E-state index is 5.19. The second-order valence-corrected chi connectivity index (χ2v) is 6.05. The summed E-state index contributed by atoms with van der Waals surface area (Å²) in [6.07, 6.45) is 2.52. The summed E-state index contributed by atoms with van der Waals surface area (Å²) in [6.45, 7) is 8.37. The Kier molecular flexibility index (Phi) is 5.11. The van der Waals surface area contributed by atoms with Gasteiger partial charge in [0.2, 0.25) is 0 Å². The molecule has 6 heteroatoms. The molecule has 0 aromatic carbocycles. The number of rotatable bonds is 5. The first kappa shape index (κ1) is 14.8. The molecule has 0 amide bonds. The minimum Gasteiger partial charge on any atom is -0.383 e. The van der Waals surface area contributed by atoms with Gasteiger partial charge in [0.15, 0.2) is 5.82 Å². The van der Waals surface area contributed by atoms with E-state index in [1.54, 1.807) is 7.11 Å². The lowest BCUT2D eigenvalue weighted by Crippen LogP contribution is -2.43. The minimum atomic E-state index is 0.583. The summed E-state index contributed by atoms with van der Waals surface area (Å²) in [6, 6.07) is 2.26. The number of likely N-dealkylation sites (tertiary alicyclic amines) is 1. The van der Waals surface area contributed by atoms with Crippen LogP contribution in [0.2, 0.25) is 0 Å². The van der Waals surface area contributed by atoms with Crippen molar-refractivity contribution in [2.24, 2.45) is 0 Å². The average Bonchev–Trinajstić information content (AvgIpc) is 3.04. The van der Waals surface area contributed by atoms with Gasteiger partial charge in [0, 0.05) is 64.1 Å². The normalized spacial score (nSPS) is 24.4. The summed E-state index contributed by atoms with van der Waals surface area (Å²) in [5.41, 5.74) is 1.30. The number of nitrogens with zero attached hydrogens (tertiary/aromatic N) is 3. The number of piperidine rings is 1. The molecule has 1 atom stereocenters. The predicted octanol–water partition coefficient (Wildman–Crippen LogP) is 0.645. The Hall–Kier alpha value is -1.11. The number of piperazine rings is 1. The number of aromatic amines is 1. The Morgan fingerprint density at radius 1 is 1.33 bits per heavy atom. The maximum Gasteiger partial charge on any atom is 0.150 e. The fourth-order valence-electron chi connectivity index (χ4n) is 3.32. The third-order valence-corrected chi connectivity index (χ3v) is 4.58. The van der Waals surface area contributed by atoms with Crippen molar-refractivity contribution in [2.75, 3.05) is 64.4 Å². The van der Waals surface area contributed by atoms with E-state index < -0.39 is 0 Å². The van der Waals surface area contributed by atoms with E-state index >= 15 is 0 Å². The molecule has 0 spiro atoms. The molecule has 2 saturated heterocycles. The standard InChI is InChI=1S/C15H27N5O/c1-21-10-9-19-6-2-3-13(12-19)14-11-15(18-17-14)20-7-4-16-5-8-20/h11,13,16H,2-10,12H2,1H3,(H,17,18). The highest BCUT2D eigenvalue weighted by Crippen LogP contribution is 2.27. The largest absolute Gasteiger partial charge is 0.383 e. The van der Waals surface area contributed by atoms with E-state index in [0.29, 0.717) is 5.92 Å². The molecule has 1 aromatic heterocycles. The van der Waals surface area contributed by atoms with E-state index in [1.165, 1.54) is 25.1 Å². The molecule has 1 unspecified atom stereocenters. The maximum absolute atomic E-state index is 5.19. The summed E-state index contributed by atoms with van der Waals surface area (Å²) in [5.74, 6) is 1.69. The minimum absolute atomic E-state index is 0.583. The average molecular weight is 293 g/mol. The highest BCUT2D eigenvalue weighted by molar-refractivity contribution is 5.40. The quantitative estimate of drug-likeness (QED) is 0.835. The Morgan fingerprint density at radius 2 is 2.19 bits per heavy atom. The van der Waals surface area contributed by atoms with Crippen molar-refractivity contribution in [2.45, 2.75) is 18.8 Å². The molecule has 2 N–H and O–H groups in total. The number of H-pyrrole nitrogens is 1. The first-order valence-corrected chi connectivity index (χ1v) is 8.09. The first-order chi connectivity index (χ1) is 10.4. The van der Waals surface area contributed by atoms with E-state index in [4.69, 9.17) is 4.74 Å². The monoisotopic (exact) mass is 293 g/mol. The van der Waals surface area contributed by atoms with Gasteiger partial charge in [-0.05, 0) is 19.4 Å². The van der Waals surface area contributed by atoms with Gasteiger partial charge in [-0.3, -0.25) is 5.10 Å². The predicted molar refractivity (Wildman–Crippen MR) is 84.0 cm³/mol. The van der Waals surface area contributed by atoms with E-state index in [-0.39, 0.29) is 0 Å². The topological polar surface area (TPSA) is 56.4 Å². The van der Waals surface area contributed by atoms with Crippen LogP contribution in [0.15, 0.2) is 6.07 Å². The molecule has 2 aliphatic rings. The summed E-state index contributed by atoms with van der Waals surface area (Å²) in [4.78, 5) is 4.87. The van der Waals surface area contributed by atoms with E-state index in [9.17, 15) is 0 Å². The molecule has 0 bridgehead atoms. The molecule has 21 heavy (non-hydrogen) atoms. The number of nitrogens with one attached hydrogen (secondary N) is 2. The number of ether oxygens (including phenoxy) is 1. The highest BCUT2D eigenvalue weighted by Gasteiger charge is 2.23. The third-order valence-electron chi connectivity index (χ3n) is 4.58. The zero-order chi connectivity index (χ0) is 14.5. The summed E-state index contributed by atoms with van der Waals surface area (Å²) in [7, 11) is 1.77. The zero-order valence-corrected chi connectivity index (χ0v) is 13.0.